The quantitative estimate of drug-likeness (QED) is 0.833. The van der Waals surface area contributed by atoms with E-state index in [1.165, 1.54) is 22.9 Å². The maximum absolute atomic E-state index is 12.1. The number of halogens is 3. The number of alkyl halides is 3. The number of hydrogen-bond donors (Lipinski definition) is 2. The number of sulfonamides is 1. The second-order valence-electron chi connectivity index (χ2n) is 3.34. The molecule has 0 aliphatic rings. The third kappa shape index (κ3) is 4.28. The van der Waals surface area contributed by atoms with Gasteiger partial charge in [-0.05, 0) is 23.8 Å². The van der Waals surface area contributed by atoms with Crippen LogP contribution in [0.2, 0.25) is 0 Å². The molecule has 0 bridgehead atoms. The monoisotopic (exact) mass is 295 g/mol. The van der Waals surface area contributed by atoms with Gasteiger partial charge < -0.3 is 5.11 Å². The van der Waals surface area contributed by atoms with E-state index >= 15 is 0 Å². The molecular weight excluding hydrogens is 287 g/mol. The minimum absolute atomic E-state index is 0.273. The zero-order valence-corrected chi connectivity index (χ0v) is 9.99. The molecule has 5 nitrogen and oxygen atoms in total. The molecular formula is C10H8F3NO4S. The van der Waals surface area contributed by atoms with Crippen molar-refractivity contribution in [1.29, 1.82) is 0 Å². The molecule has 0 unspecified atom stereocenters. The summed E-state index contributed by atoms with van der Waals surface area (Å²) in [4.78, 5) is 10.2. The summed E-state index contributed by atoms with van der Waals surface area (Å²) in [5, 5.41) is 8.37. The van der Waals surface area contributed by atoms with Crippen molar-refractivity contribution >= 4 is 27.8 Å². The smallest absolute Gasteiger partial charge is 0.478 e. The normalized spacial score (nSPS) is 12.6. The Morgan fingerprint density at radius 2 is 1.74 bits per heavy atom. The molecule has 0 aromatic heterocycles. The first kappa shape index (κ1) is 15.0. The summed E-state index contributed by atoms with van der Waals surface area (Å²) in [6.07, 6.45) is 2.05. The van der Waals surface area contributed by atoms with Crippen molar-refractivity contribution in [3.8, 4) is 0 Å². The molecule has 1 aromatic rings. The van der Waals surface area contributed by atoms with E-state index in [1.807, 2.05) is 0 Å². The Hall–Kier alpha value is -2.03. The topological polar surface area (TPSA) is 83.5 Å². The molecule has 0 atom stereocenters. The zero-order chi connectivity index (χ0) is 14.7. The molecule has 0 saturated heterocycles. The first-order valence-corrected chi connectivity index (χ1v) is 6.20. The lowest BCUT2D eigenvalue weighted by molar-refractivity contribution is -0.131. The Morgan fingerprint density at radius 3 is 2.16 bits per heavy atom. The highest BCUT2D eigenvalue weighted by molar-refractivity contribution is 7.93. The van der Waals surface area contributed by atoms with Crippen LogP contribution >= 0.6 is 0 Å². The molecule has 1 aromatic carbocycles. The van der Waals surface area contributed by atoms with Gasteiger partial charge in [0.15, 0.2) is 0 Å². The largest absolute Gasteiger partial charge is 0.516 e. The van der Waals surface area contributed by atoms with Crippen LogP contribution < -0.4 is 4.72 Å². The fourth-order valence-electron chi connectivity index (χ4n) is 1.04. The minimum Gasteiger partial charge on any atom is -0.478 e. The Kier molecular flexibility index (Phi) is 4.20. The molecule has 0 aliphatic carbocycles. The van der Waals surface area contributed by atoms with E-state index < -0.39 is 21.5 Å². The van der Waals surface area contributed by atoms with Gasteiger partial charge in [0, 0.05) is 11.8 Å². The molecule has 1 rings (SSSR count). The van der Waals surface area contributed by atoms with E-state index in [0.29, 0.717) is 5.56 Å². The SMILES string of the molecule is O=C(O)C=Cc1ccc(NS(=O)(=O)C(F)(F)F)cc1. The molecule has 104 valence electrons. The highest BCUT2D eigenvalue weighted by atomic mass is 32.2. The van der Waals surface area contributed by atoms with Gasteiger partial charge in [-0.15, -0.1) is 0 Å². The van der Waals surface area contributed by atoms with Crippen LogP contribution in [0, 0.1) is 0 Å². The number of anilines is 1. The molecule has 2 N–H and O–H groups in total. The second-order valence-corrected chi connectivity index (χ2v) is 5.02. The minimum atomic E-state index is -5.45. The molecule has 0 radical (unpaired) electrons. The number of carbonyl (C=O) groups is 1. The summed E-state index contributed by atoms with van der Waals surface area (Å²) >= 11 is 0. The van der Waals surface area contributed by atoms with Gasteiger partial charge in [-0.3, -0.25) is 4.72 Å². The summed E-state index contributed by atoms with van der Waals surface area (Å²) in [6.45, 7) is 0. The number of benzene rings is 1. The van der Waals surface area contributed by atoms with Crippen LogP contribution in [0.5, 0.6) is 0 Å². The number of carboxylic acids is 1. The van der Waals surface area contributed by atoms with Crippen LogP contribution in [0.4, 0.5) is 18.9 Å². The number of carboxylic acid groups (broad SMARTS) is 1. The van der Waals surface area contributed by atoms with Crippen LogP contribution in [-0.2, 0) is 14.8 Å². The van der Waals surface area contributed by atoms with E-state index in [4.69, 9.17) is 5.11 Å². The Balaban J connectivity index is 2.87. The lowest BCUT2D eigenvalue weighted by Crippen LogP contribution is -2.29. The fraction of sp³-hybridized carbons (Fsp3) is 0.100. The summed E-state index contributed by atoms with van der Waals surface area (Å²) < 4.78 is 59.2. The van der Waals surface area contributed by atoms with Crippen molar-refractivity contribution in [3.63, 3.8) is 0 Å². The Morgan fingerprint density at radius 1 is 1.21 bits per heavy atom. The van der Waals surface area contributed by atoms with Gasteiger partial charge in [0.25, 0.3) is 0 Å². The molecule has 0 aliphatic heterocycles. The lowest BCUT2D eigenvalue weighted by atomic mass is 10.2. The van der Waals surface area contributed by atoms with Crippen LogP contribution in [0.25, 0.3) is 6.08 Å². The molecule has 0 amide bonds. The Labute approximate surface area is 106 Å². The molecule has 0 spiro atoms. The molecule has 0 fully saturated rings. The van der Waals surface area contributed by atoms with Crippen LogP contribution in [0.1, 0.15) is 5.56 Å². The van der Waals surface area contributed by atoms with Gasteiger partial charge in [0.1, 0.15) is 0 Å². The summed E-state index contributed by atoms with van der Waals surface area (Å²) in [5.74, 6) is -1.18. The fourth-order valence-corrected chi connectivity index (χ4v) is 1.60. The summed E-state index contributed by atoms with van der Waals surface area (Å²) in [5.41, 5.74) is -5.27. The number of rotatable bonds is 4. The van der Waals surface area contributed by atoms with E-state index in [1.54, 1.807) is 0 Å². The molecule has 0 saturated carbocycles. The van der Waals surface area contributed by atoms with Crippen molar-refractivity contribution < 1.29 is 31.5 Å². The first-order chi connectivity index (χ1) is 8.62. The van der Waals surface area contributed by atoms with Crippen LogP contribution in [0.3, 0.4) is 0 Å². The van der Waals surface area contributed by atoms with Crippen LogP contribution in [-0.4, -0.2) is 25.0 Å². The van der Waals surface area contributed by atoms with Gasteiger partial charge in [-0.25, -0.2) is 4.79 Å². The van der Waals surface area contributed by atoms with Crippen LogP contribution in [0.15, 0.2) is 30.3 Å². The van der Waals surface area contributed by atoms with Crippen molar-refractivity contribution in [2.24, 2.45) is 0 Å². The van der Waals surface area contributed by atoms with Gasteiger partial charge in [-0.2, -0.15) is 21.6 Å². The van der Waals surface area contributed by atoms with Crippen molar-refractivity contribution in [3.05, 3.63) is 35.9 Å². The maximum atomic E-state index is 12.1. The molecule has 0 heterocycles. The Bertz CT molecular complexity index is 590. The second kappa shape index (κ2) is 5.31. The predicted molar refractivity (Wildman–Crippen MR) is 61.7 cm³/mol. The van der Waals surface area contributed by atoms with Crippen molar-refractivity contribution in [2.45, 2.75) is 5.51 Å². The number of nitrogens with one attached hydrogen (secondary N) is 1. The average Bonchev–Trinajstić information content (AvgIpc) is 2.26. The molecule has 9 heteroatoms. The van der Waals surface area contributed by atoms with Crippen molar-refractivity contribution in [2.75, 3.05) is 4.72 Å². The van der Waals surface area contributed by atoms with Gasteiger partial charge in [-0.1, -0.05) is 12.1 Å². The summed E-state index contributed by atoms with van der Waals surface area (Å²) in [6, 6.07) is 4.72. The summed E-state index contributed by atoms with van der Waals surface area (Å²) in [7, 11) is -5.45. The van der Waals surface area contributed by atoms with E-state index in [0.717, 1.165) is 18.2 Å². The highest BCUT2D eigenvalue weighted by Crippen LogP contribution is 2.25. The lowest BCUT2D eigenvalue weighted by Gasteiger charge is -2.10. The van der Waals surface area contributed by atoms with Crippen molar-refractivity contribution in [1.82, 2.24) is 0 Å². The van der Waals surface area contributed by atoms with Gasteiger partial charge in [0.05, 0.1) is 0 Å². The van der Waals surface area contributed by atoms with E-state index in [2.05, 4.69) is 0 Å². The van der Waals surface area contributed by atoms with Gasteiger partial charge >= 0.3 is 21.5 Å². The third-order valence-electron chi connectivity index (χ3n) is 1.89. The predicted octanol–water partition coefficient (Wildman–Crippen LogP) is 2.05. The molecule has 19 heavy (non-hydrogen) atoms. The third-order valence-corrected chi connectivity index (χ3v) is 3.00. The van der Waals surface area contributed by atoms with E-state index in [-0.39, 0.29) is 5.69 Å². The maximum Gasteiger partial charge on any atom is 0.516 e. The number of aliphatic carboxylic acids is 1. The zero-order valence-electron chi connectivity index (χ0n) is 9.18. The van der Waals surface area contributed by atoms with E-state index in [9.17, 15) is 26.4 Å². The highest BCUT2D eigenvalue weighted by Gasteiger charge is 2.45. The number of hydrogen-bond acceptors (Lipinski definition) is 3. The average molecular weight is 295 g/mol. The first-order valence-electron chi connectivity index (χ1n) is 4.72. The standard InChI is InChI=1S/C10H8F3NO4S/c11-10(12,13)19(17,18)14-8-4-1-7(2-5-8)3-6-9(15)16/h1-6,14H,(H,15,16). The van der Waals surface area contributed by atoms with Gasteiger partial charge in [0.2, 0.25) is 0 Å².